The van der Waals surface area contributed by atoms with E-state index in [1.807, 2.05) is 6.92 Å². The van der Waals surface area contributed by atoms with E-state index in [1.165, 1.54) is 23.1 Å². The zero-order valence-electron chi connectivity index (χ0n) is 10.6. The maximum Gasteiger partial charge on any atom is 0.323 e. The minimum atomic E-state index is -1.08. The van der Waals surface area contributed by atoms with Crippen molar-refractivity contribution in [1.29, 1.82) is 0 Å². The van der Waals surface area contributed by atoms with Gasteiger partial charge >= 0.3 is 5.97 Å². The minimum absolute atomic E-state index is 0.236. The highest BCUT2D eigenvalue weighted by atomic mass is 19.1. The largest absolute Gasteiger partial charge is 0.484 e. The van der Waals surface area contributed by atoms with E-state index in [2.05, 4.69) is 0 Å². The van der Waals surface area contributed by atoms with Crippen LogP contribution in [0.1, 0.15) is 13.3 Å². The molecule has 1 amide bonds. The second kappa shape index (κ2) is 7.35. The summed E-state index contributed by atoms with van der Waals surface area (Å²) < 4.78 is 18.0. The monoisotopic (exact) mass is 269 g/mol. The Morgan fingerprint density at radius 1 is 1.42 bits per heavy atom. The number of ether oxygens (including phenoxy) is 1. The normalized spacial score (nSPS) is 10.0. The van der Waals surface area contributed by atoms with Crippen molar-refractivity contribution in [2.24, 2.45) is 0 Å². The number of hydrogen-bond donors (Lipinski definition) is 1. The molecule has 0 bridgehead atoms. The fourth-order valence-corrected chi connectivity index (χ4v) is 1.52. The lowest BCUT2D eigenvalue weighted by molar-refractivity contribution is -0.145. The molecule has 1 rings (SSSR count). The van der Waals surface area contributed by atoms with Crippen LogP contribution in [0.25, 0.3) is 0 Å². The Kier molecular flexibility index (Phi) is 5.78. The zero-order valence-corrected chi connectivity index (χ0v) is 10.6. The van der Waals surface area contributed by atoms with Gasteiger partial charge in [-0.05, 0) is 18.6 Å². The Hall–Kier alpha value is -2.11. The summed E-state index contributed by atoms with van der Waals surface area (Å²) in [5, 5.41) is 8.70. The third-order valence-corrected chi connectivity index (χ3v) is 2.33. The lowest BCUT2D eigenvalue weighted by Crippen LogP contribution is -2.39. The Labute approximate surface area is 110 Å². The van der Waals surface area contributed by atoms with Crippen LogP contribution in [0.15, 0.2) is 24.3 Å². The molecular weight excluding hydrogens is 253 g/mol. The number of nitrogens with zero attached hydrogens (tertiary/aromatic N) is 1. The van der Waals surface area contributed by atoms with Crippen LogP contribution >= 0.6 is 0 Å². The summed E-state index contributed by atoms with van der Waals surface area (Å²) in [6, 6.07) is 5.42. The number of carbonyl (C=O) groups is 2. The number of carbonyl (C=O) groups excluding carboxylic acids is 1. The van der Waals surface area contributed by atoms with Crippen molar-refractivity contribution in [3.8, 4) is 5.75 Å². The van der Waals surface area contributed by atoms with Crippen molar-refractivity contribution in [1.82, 2.24) is 4.90 Å². The van der Waals surface area contributed by atoms with Gasteiger partial charge in [-0.25, -0.2) is 4.39 Å². The van der Waals surface area contributed by atoms with Crippen LogP contribution in [0, 0.1) is 5.82 Å². The number of halogens is 1. The standard InChI is InChI=1S/C13H16FNO4/c1-2-6-15(8-13(17)18)12(16)9-19-11-5-3-4-10(14)7-11/h3-5,7H,2,6,8-9H2,1H3,(H,17,18). The number of carboxylic acid groups (broad SMARTS) is 1. The van der Waals surface area contributed by atoms with E-state index in [4.69, 9.17) is 9.84 Å². The molecule has 0 aliphatic rings. The average molecular weight is 269 g/mol. The van der Waals surface area contributed by atoms with Gasteiger partial charge < -0.3 is 14.7 Å². The fraction of sp³-hybridized carbons (Fsp3) is 0.385. The van der Waals surface area contributed by atoms with Gasteiger partial charge in [-0.3, -0.25) is 9.59 Å². The quantitative estimate of drug-likeness (QED) is 0.815. The Morgan fingerprint density at radius 2 is 2.16 bits per heavy atom. The number of carboxylic acids is 1. The summed E-state index contributed by atoms with van der Waals surface area (Å²) in [6.45, 7) is 1.52. The molecule has 0 atom stereocenters. The molecule has 0 saturated heterocycles. The van der Waals surface area contributed by atoms with Gasteiger partial charge in [0.2, 0.25) is 0 Å². The van der Waals surface area contributed by atoms with E-state index in [9.17, 15) is 14.0 Å². The first kappa shape index (κ1) is 14.9. The van der Waals surface area contributed by atoms with Crippen LogP contribution < -0.4 is 4.74 Å². The second-order valence-electron chi connectivity index (χ2n) is 3.96. The number of hydrogen-bond acceptors (Lipinski definition) is 3. The molecular formula is C13H16FNO4. The molecule has 0 heterocycles. The molecule has 0 unspecified atom stereocenters. The zero-order chi connectivity index (χ0) is 14.3. The molecule has 5 nitrogen and oxygen atoms in total. The topological polar surface area (TPSA) is 66.8 Å². The van der Waals surface area contributed by atoms with Crippen LogP contribution in [0.2, 0.25) is 0 Å². The van der Waals surface area contributed by atoms with E-state index in [1.54, 1.807) is 0 Å². The van der Waals surface area contributed by atoms with Crippen LogP contribution in [0.5, 0.6) is 5.75 Å². The van der Waals surface area contributed by atoms with Crippen molar-refractivity contribution >= 4 is 11.9 Å². The van der Waals surface area contributed by atoms with Gasteiger partial charge in [0.15, 0.2) is 6.61 Å². The summed E-state index contributed by atoms with van der Waals surface area (Å²) in [7, 11) is 0. The predicted molar refractivity (Wildman–Crippen MR) is 66.4 cm³/mol. The summed E-state index contributed by atoms with van der Waals surface area (Å²) in [4.78, 5) is 23.6. The van der Waals surface area contributed by atoms with Gasteiger partial charge in [0.05, 0.1) is 0 Å². The first-order valence-electron chi connectivity index (χ1n) is 5.91. The van der Waals surface area contributed by atoms with Crippen molar-refractivity contribution in [3.05, 3.63) is 30.1 Å². The summed E-state index contributed by atoms with van der Waals surface area (Å²) in [6.07, 6.45) is 0.652. The van der Waals surface area contributed by atoms with Crippen molar-refractivity contribution in [3.63, 3.8) is 0 Å². The highest BCUT2D eigenvalue weighted by molar-refractivity contribution is 5.82. The molecule has 1 aromatic rings. The lowest BCUT2D eigenvalue weighted by atomic mass is 10.3. The first-order chi connectivity index (χ1) is 9.02. The molecule has 0 fully saturated rings. The van der Waals surface area contributed by atoms with Gasteiger partial charge in [0, 0.05) is 12.6 Å². The van der Waals surface area contributed by atoms with Crippen molar-refractivity contribution < 1.29 is 23.8 Å². The molecule has 0 aliphatic carbocycles. The van der Waals surface area contributed by atoms with Gasteiger partial charge in [-0.15, -0.1) is 0 Å². The van der Waals surface area contributed by atoms with Crippen LogP contribution in [-0.4, -0.2) is 41.6 Å². The maximum atomic E-state index is 12.9. The van der Waals surface area contributed by atoms with Crippen molar-refractivity contribution in [2.45, 2.75) is 13.3 Å². The van der Waals surface area contributed by atoms with Crippen molar-refractivity contribution in [2.75, 3.05) is 19.7 Å². The number of aliphatic carboxylic acids is 1. The average Bonchev–Trinajstić information content (AvgIpc) is 2.35. The number of rotatable bonds is 7. The van der Waals surface area contributed by atoms with Gasteiger partial charge in [-0.1, -0.05) is 13.0 Å². The van der Waals surface area contributed by atoms with Crippen LogP contribution in [-0.2, 0) is 9.59 Å². The third kappa shape index (κ3) is 5.37. The highest BCUT2D eigenvalue weighted by Crippen LogP contribution is 2.11. The SMILES string of the molecule is CCCN(CC(=O)O)C(=O)COc1cccc(F)c1. The lowest BCUT2D eigenvalue weighted by Gasteiger charge is -2.19. The van der Waals surface area contributed by atoms with Gasteiger partial charge in [0.25, 0.3) is 5.91 Å². The molecule has 0 aliphatic heterocycles. The Balaban J connectivity index is 2.54. The molecule has 0 spiro atoms. The predicted octanol–water partition coefficient (Wildman–Crippen LogP) is 1.53. The molecule has 0 aromatic heterocycles. The van der Waals surface area contributed by atoms with Gasteiger partial charge in [0.1, 0.15) is 18.1 Å². The number of amides is 1. The number of benzene rings is 1. The van der Waals surface area contributed by atoms with Gasteiger partial charge in [-0.2, -0.15) is 0 Å². The first-order valence-corrected chi connectivity index (χ1v) is 5.91. The molecule has 6 heteroatoms. The summed E-state index contributed by atoms with van der Waals surface area (Å²) in [5.74, 6) is -1.73. The Morgan fingerprint density at radius 3 is 2.74 bits per heavy atom. The van der Waals surface area contributed by atoms with E-state index < -0.39 is 17.7 Å². The highest BCUT2D eigenvalue weighted by Gasteiger charge is 2.16. The Bertz CT molecular complexity index is 450. The van der Waals surface area contributed by atoms with Crippen LogP contribution in [0.3, 0.4) is 0 Å². The molecule has 0 radical (unpaired) electrons. The third-order valence-electron chi connectivity index (χ3n) is 2.33. The smallest absolute Gasteiger partial charge is 0.323 e. The van der Waals surface area contributed by atoms with E-state index in [-0.39, 0.29) is 18.9 Å². The minimum Gasteiger partial charge on any atom is -0.484 e. The molecule has 1 aromatic carbocycles. The summed E-state index contributed by atoms with van der Waals surface area (Å²) >= 11 is 0. The molecule has 19 heavy (non-hydrogen) atoms. The van der Waals surface area contributed by atoms with Crippen LogP contribution in [0.4, 0.5) is 4.39 Å². The van der Waals surface area contributed by atoms with E-state index >= 15 is 0 Å². The molecule has 1 N–H and O–H groups in total. The summed E-state index contributed by atoms with van der Waals surface area (Å²) in [5.41, 5.74) is 0. The molecule has 104 valence electrons. The van der Waals surface area contributed by atoms with E-state index in [0.29, 0.717) is 13.0 Å². The fourth-order valence-electron chi connectivity index (χ4n) is 1.52. The second-order valence-corrected chi connectivity index (χ2v) is 3.96. The maximum absolute atomic E-state index is 12.9. The van der Waals surface area contributed by atoms with E-state index in [0.717, 1.165) is 6.07 Å². The molecule has 0 saturated carbocycles.